The lowest BCUT2D eigenvalue weighted by atomic mass is 10.2. The minimum atomic E-state index is 0.216. The molecule has 1 fully saturated rings. The molecule has 6 nitrogen and oxygen atoms in total. The van der Waals surface area contributed by atoms with E-state index in [1.165, 1.54) is 0 Å². The zero-order chi connectivity index (χ0) is 19.6. The van der Waals surface area contributed by atoms with E-state index in [9.17, 15) is 0 Å². The maximum Gasteiger partial charge on any atom is 0.191 e. The molecular weight excluding hydrogens is 430 g/mol. The molecule has 2 aromatic heterocycles. The molecule has 0 spiro atoms. The highest BCUT2D eigenvalue weighted by atomic mass is 35.5. The van der Waals surface area contributed by atoms with E-state index in [4.69, 9.17) is 25.8 Å². The number of fused-ring (bicyclic) bond motifs is 1. The Morgan fingerprint density at radius 1 is 1.21 bits per heavy atom. The molecule has 1 saturated heterocycles. The van der Waals surface area contributed by atoms with Gasteiger partial charge in [-0.15, -0.1) is 21.5 Å². The molecule has 1 atom stereocenters. The van der Waals surface area contributed by atoms with Crippen molar-refractivity contribution < 1.29 is 14.2 Å². The van der Waals surface area contributed by atoms with Gasteiger partial charge in [0.05, 0.1) is 22.5 Å². The lowest BCUT2D eigenvalue weighted by Gasteiger charge is -2.20. The number of nitrogens with zero attached hydrogens (tertiary/aromatic N) is 3. The SMILES string of the molecule is Clc1cc(CSc2nnc(-c3cccs3)n2CC2CCCO2)cc2c1OCCO2. The number of benzene rings is 1. The molecule has 29 heavy (non-hydrogen) atoms. The number of rotatable bonds is 6. The minimum absolute atomic E-state index is 0.216. The summed E-state index contributed by atoms with van der Waals surface area (Å²) in [6.45, 7) is 2.67. The normalized spacial score (nSPS) is 18.3. The first-order valence-corrected chi connectivity index (χ1v) is 11.8. The second kappa shape index (κ2) is 8.55. The number of thiophene rings is 1. The summed E-state index contributed by atoms with van der Waals surface area (Å²) in [6.07, 6.45) is 2.40. The lowest BCUT2D eigenvalue weighted by molar-refractivity contribution is 0.0953. The Morgan fingerprint density at radius 3 is 2.97 bits per heavy atom. The summed E-state index contributed by atoms with van der Waals surface area (Å²) in [5.74, 6) is 2.95. The largest absolute Gasteiger partial charge is 0.486 e. The molecule has 2 aliphatic rings. The van der Waals surface area contributed by atoms with Gasteiger partial charge in [-0.3, -0.25) is 4.57 Å². The summed E-state index contributed by atoms with van der Waals surface area (Å²) in [7, 11) is 0. The zero-order valence-corrected chi connectivity index (χ0v) is 18.1. The fraction of sp³-hybridized carbons (Fsp3) is 0.400. The molecule has 2 aliphatic heterocycles. The van der Waals surface area contributed by atoms with Crippen molar-refractivity contribution in [1.82, 2.24) is 14.8 Å². The van der Waals surface area contributed by atoms with Crippen molar-refractivity contribution in [3.05, 3.63) is 40.2 Å². The maximum absolute atomic E-state index is 6.38. The van der Waals surface area contributed by atoms with E-state index in [2.05, 4.69) is 26.2 Å². The molecule has 0 amide bonds. The van der Waals surface area contributed by atoms with Crippen molar-refractivity contribution in [3.63, 3.8) is 0 Å². The molecule has 0 aliphatic carbocycles. The fourth-order valence-corrected chi connectivity index (χ4v) is 5.42. The molecule has 3 aromatic rings. The molecule has 9 heteroatoms. The molecule has 0 bridgehead atoms. The molecule has 0 radical (unpaired) electrons. The van der Waals surface area contributed by atoms with Crippen molar-refractivity contribution in [2.75, 3.05) is 19.8 Å². The van der Waals surface area contributed by atoms with Gasteiger partial charge >= 0.3 is 0 Å². The summed E-state index contributed by atoms with van der Waals surface area (Å²) in [6, 6.07) is 8.04. The van der Waals surface area contributed by atoms with Crippen LogP contribution in [0.5, 0.6) is 11.5 Å². The van der Waals surface area contributed by atoms with Gasteiger partial charge in [0, 0.05) is 12.4 Å². The number of halogens is 1. The Kier molecular flexibility index (Phi) is 5.67. The van der Waals surface area contributed by atoms with Gasteiger partial charge in [-0.1, -0.05) is 29.4 Å². The summed E-state index contributed by atoms with van der Waals surface area (Å²) in [5, 5.41) is 12.5. The van der Waals surface area contributed by atoms with Crippen LogP contribution in [0.15, 0.2) is 34.8 Å². The highest BCUT2D eigenvalue weighted by molar-refractivity contribution is 7.98. The van der Waals surface area contributed by atoms with Gasteiger partial charge < -0.3 is 14.2 Å². The third kappa shape index (κ3) is 4.12. The number of thioether (sulfide) groups is 1. The van der Waals surface area contributed by atoms with E-state index < -0.39 is 0 Å². The first-order valence-electron chi connectivity index (χ1n) is 9.57. The van der Waals surface area contributed by atoms with Gasteiger partial charge in [-0.2, -0.15) is 0 Å². The molecule has 152 valence electrons. The van der Waals surface area contributed by atoms with E-state index in [1.54, 1.807) is 23.1 Å². The standard InChI is InChI=1S/C20H20ClN3O3S2/c21-15-9-13(10-16-18(15)27-7-6-26-16)12-29-20-23-22-19(17-4-2-8-28-17)24(20)11-14-3-1-5-25-14/h2,4,8-10,14H,1,3,5-7,11-12H2. The van der Waals surface area contributed by atoms with Crippen LogP contribution in [0.25, 0.3) is 10.7 Å². The van der Waals surface area contributed by atoms with E-state index in [1.807, 2.05) is 18.2 Å². The number of hydrogen-bond acceptors (Lipinski definition) is 7. The van der Waals surface area contributed by atoms with Crippen molar-refractivity contribution in [2.45, 2.75) is 36.4 Å². The summed E-state index contributed by atoms with van der Waals surface area (Å²) < 4.78 is 19.4. The predicted molar refractivity (Wildman–Crippen MR) is 114 cm³/mol. The van der Waals surface area contributed by atoms with E-state index in [-0.39, 0.29) is 6.10 Å². The Balaban J connectivity index is 1.39. The average Bonchev–Trinajstić information content (AvgIpc) is 3.49. The van der Waals surface area contributed by atoms with E-state index >= 15 is 0 Å². The smallest absolute Gasteiger partial charge is 0.191 e. The third-order valence-electron chi connectivity index (χ3n) is 4.89. The van der Waals surface area contributed by atoms with Crippen LogP contribution in [0.3, 0.4) is 0 Å². The third-order valence-corrected chi connectivity index (χ3v) is 7.08. The number of hydrogen-bond donors (Lipinski definition) is 0. The Labute approximate surface area is 182 Å². The highest BCUT2D eigenvalue weighted by Crippen LogP contribution is 2.40. The Morgan fingerprint density at radius 2 is 2.14 bits per heavy atom. The van der Waals surface area contributed by atoms with Gasteiger partial charge in [-0.25, -0.2) is 0 Å². The molecule has 5 rings (SSSR count). The van der Waals surface area contributed by atoms with Crippen LogP contribution in [0.4, 0.5) is 0 Å². The van der Waals surface area contributed by atoms with Crippen LogP contribution < -0.4 is 9.47 Å². The predicted octanol–water partition coefficient (Wildman–Crippen LogP) is 4.90. The van der Waals surface area contributed by atoms with Crippen LogP contribution in [0, 0.1) is 0 Å². The van der Waals surface area contributed by atoms with E-state index in [0.717, 1.165) is 47.4 Å². The van der Waals surface area contributed by atoms with Crippen molar-refractivity contribution >= 4 is 34.7 Å². The highest BCUT2D eigenvalue weighted by Gasteiger charge is 2.23. The lowest BCUT2D eigenvalue weighted by Crippen LogP contribution is -2.16. The fourth-order valence-electron chi connectivity index (χ4n) is 3.54. The van der Waals surface area contributed by atoms with Gasteiger partial charge in [0.15, 0.2) is 22.5 Å². The van der Waals surface area contributed by atoms with E-state index in [0.29, 0.717) is 35.5 Å². The van der Waals surface area contributed by atoms with Crippen molar-refractivity contribution in [1.29, 1.82) is 0 Å². The van der Waals surface area contributed by atoms with Crippen molar-refractivity contribution in [3.8, 4) is 22.2 Å². The van der Waals surface area contributed by atoms with Gasteiger partial charge in [0.2, 0.25) is 0 Å². The maximum atomic E-state index is 6.38. The molecule has 0 saturated carbocycles. The quantitative estimate of drug-likeness (QED) is 0.499. The van der Waals surface area contributed by atoms with Crippen LogP contribution in [0.2, 0.25) is 5.02 Å². The van der Waals surface area contributed by atoms with Crippen LogP contribution in [0.1, 0.15) is 18.4 Å². The van der Waals surface area contributed by atoms with Gasteiger partial charge in [-0.05, 0) is 42.0 Å². The topological polar surface area (TPSA) is 58.4 Å². The van der Waals surface area contributed by atoms with Gasteiger partial charge in [0.25, 0.3) is 0 Å². The molecule has 1 aromatic carbocycles. The summed E-state index contributed by atoms with van der Waals surface area (Å²) in [5.41, 5.74) is 1.06. The molecular formula is C20H20ClN3O3S2. The molecule has 0 N–H and O–H groups in total. The zero-order valence-electron chi connectivity index (χ0n) is 15.7. The Hall–Kier alpha value is -1.74. The second-order valence-electron chi connectivity index (χ2n) is 6.92. The Bertz CT molecular complexity index is 987. The van der Waals surface area contributed by atoms with Crippen molar-refractivity contribution in [2.24, 2.45) is 0 Å². The molecule has 1 unspecified atom stereocenters. The monoisotopic (exact) mass is 449 g/mol. The van der Waals surface area contributed by atoms with Gasteiger partial charge in [0.1, 0.15) is 13.2 Å². The summed E-state index contributed by atoms with van der Waals surface area (Å²) >= 11 is 9.70. The average molecular weight is 450 g/mol. The number of aromatic nitrogens is 3. The number of ether oxygens (including phenoxy) is 3. The summed E-state index contributed by atoms with van der Waals surface area (Å²) in [4.78, 5) is 1.12. The minimum Gasteiger partial charge on any atom is -0.486 e. The second-order valence-corrected chi connectivity index (χ2v) is 9.22. The molecule has 4 heterocycles. The van der Waals surface area contributed by atoms with Crippen LogP contribution >= 0.6 is 34.7 Å². The first kappa shape index (κ1) is 19.2. The van der Waals surface area contributed by atoms with Crippen LogP contribution in [-0.4, -0.2) is 40.7 Å². The first-order chi connectivity index (χ1) is 14.3. The van der Waals surface area contributed by atoms with Crippen LogP contribution in [-0.2, 0) is 17.0 Å².